The average Bonchev–Trinajstić information content (AvgIpc) is 2.86. The minimum Gasteiger partial charge on any atom is -0.310 e. The van der Waals surface area contributed by atoms with Gasteiger partial charge in [0, 0.05) is 11.7 Å². The number of benzene rings is 1. The van der Waals surface area contributed by atoms with E-state index < -0.39 is 0 Å². The van der Waals surface area contributed by atoms with Crippen molar-refractivity contribution in [1.29, 1.82) is 0 Å². The number of hydrogen-bond acceptors (Lipinski definition) is 2. The maximum absolute atomic E-state index is 4.06. The number of rotatable bonds is 7. The second-order valence-electron chi connectivity index (χ2n) is 5.45. The van der Waals surface area contributed by atoms with Crippen LogP contribution in [-0.2, 0) is 6.42 Å². The summed E-state index contributed by atoms with van der Waals surface area (Å²) in [5.74, 6) is 0. The van der Waals surface area contributed by atoms with Gasteiger partial charge in [0.1, 0.15) is 0 Å². The molecule has 0 bridgehead atoms. The zero-order chi connectivity index (χ0) is 14.4. The molecule has 0 aliphatic carbocycles. The van der Waals surface area contributed by atoms with E-state index in [1.807, 2.05) is 6.20 Å². The lowest BCUT2D eigenvalue weighted by molar-refractivity contribution is 0.510. The van der Waals surface area contributed by atoms with Gasteiger partial charge in [-0.25, -0.2) is 0 Å². The maximum Gasteiger partial charge on any atom is 0.0522 e. The highest BCUT2D eigenvalue weighted by atomic mass is 15.1. The van der Waals surface area contributed by atoms with Crippen LogP contribution >= 0.6 is 0 Å². The van der Waals surface area contributed by atoms with E-state index in [1.165, 1.54) is 22.4 Å². The number of aromatic amines is 1. The Balaban J connectivity index is 1.79. The number of nitrogens with one attached hydrogen (secondary N) is 2. The van der Waals surface area contributed by atoms with Crippen LogP contribution in [0.3, 0.4) is 0 Å². The van der Waals surface area contributed by atoms with Gasteiger partial charge in [-0.3, -0.25) is 5.10 Å². The number of nitrogens with zero attached hydrogens (tertiary/aromatic N) is 1. The molecule has 0 radical (unpaired) electrons. The third-order valence-corrected chi connectivity index (χ3v) is 3.84. The van der Waals surface area contributed by atoms with Crippen LogP contribution in [0.15, 0.2) is 30.5 Å². The van der Waals surface area contributed by atoms with Crippen molar-refractivity contribution in [3.05, 3.63) is 52.8 Å². The molecule has 1 atom stereocenters. The first-order chi connectivity index (χ1) is 9.70. The lowest BCUT2D eigenvalue weighted by atomic mass is 10.0. The largest absolute Gasteiger partial charge is 0.310 e. The molecule has 1 heterocycles. The van der Waals surface area contributed by atoms with Crippen LogP contribution < -0.4 is 5.32 Å². The Morgan fingerprint density at radius 1 is 1.20 bits per heavy atom. The number of aromatic nitrogens is 2. The molecule has 2 aromatic rings. The van der Waals surface area contributed by atoms with Crippen molar-refractivity contribution >= 4 is 0 Å². The van der Waals surface area contributed by atoms with E-state index in [0.717, 1.165) is 25.8 Å². The molecule has 0 saturated heterocycles. The standard InChI is InChI=1S/C17H25N3/c1-4-17(15-9-7-13(2)8-10-15)18-11-5-6-16-12-19-20-14(16)3/h7-10,12,17-18H,4-6,11H2,1-3H3,(H,19,20). The van der Waals surface area contributed by atoms with Gasteiger partial charge in [-0.15, -0.1) is 0 Å². The molecule has 20 heavy (non-hydrogen) atoms. The number of H-pyrrole nitrogens is 1. The van der Waals surface area contributed by atoms with Crippen molar-refractivity contribution in [2.24, 2.45) is 0 Å². The van der Waals surface area contributed by atoms with Crippen molar-refractivity contribution in [2.75, 3.05) is 6.54 Å². The first kappa shape index (κ1) is 14.8. The summed E-state index contributed by atoms with van der Waals surface area (Å²) in [6, 6.07) is 9.30. The quantitative estimate of drug-likeness (QED) is 0.754. The summed E-state index contributed by atoms with van der Waals surface area (Å²) in [7, 11) is 0. The van der Waals surface area contributed by atoms with E-state index in [9.17, 15) is 0 Å². The van der Waals surface area contributed by atoms with Gasteiger partial charge in [-0.1, -0.05) is 36.8 Å². The molecule has 0 amide bonds. The van der Waals surface area contributed by atoms with E-state index in [1.54, 1.807) is 0 Å². The van der Waals surface area contributed by atoms with Crippen LogP contribution in [0.2, 0.25) is 0 Å². The van der Waals surface area contributed by atoms with Crippen molar-refractivity contribution in [3.8, 4) is 0 Å². The molecular weight excluding hydrogens is 246 g/mol. The lowest BCUT2D eigenvalue weighted by Gasteiger charge is -2.17. The molecule has 2 rings (SSSR count). The van der Waals surface area contributed by atoms with Gasteiger partial charge >= 0.3 is 0 Å². The summed E-state index contributed by atoms with van der Waals surface area (Å²) in [6.07, 6.45) is 5.28. The van der Waals surface area contributed by atoms with Gasteiger partial charge in [-0.2, -0.15) is 5.10 Å². The summed E-state index contributed by atoms with van der Waals surface area (Å²) in [6.45, 7) is 7.48. The van der Waals surface area contributed by atoms with Gasteiger partial charge < -0.3 is 5.32 Å². The summed E-state index contributed by atoms with van der Waals surface area (Å²) >= 11 is 0. The molecular formula is C17H25N3. The zero-order valence-electron chi connectivity index (χ0n) is 12.7. The fourth-order valence-corrected chi connectivity index (χ4v) is 2.48. The molecule has 1 aromatic carbocycles. The minimum absolute atomic E-state index is 0.459. The van der Waals surface area contributed by atoms with Gasteiger partial charge in [-0.05, 0) is 50.8 Å². The highest BCUT2D eigenvalue weighted by Gasteiger charge is 2.08. The normalized spacial score (nSPS) is 12.6. The smallest absolute Gasteiger partial charge is 0.0522 e. The molecule has 108 valence electrons. The fraction of sp³-hybridized carbons (Fsp3) is 0.471. The van der Waals surface area contributed by atoms with Gasteiger partial charge in [0.25, 0.3) is 0 Å². The molecule has 0 aliphatic rings. The van der Waals surface area contributed by atoms with Gasteiger partial charge in [0.2, 0.25) is 0 Å². The molecule has 1 aromatic heterocycles. The van der Waals surface area contributed by atoms with Crippen molar-refractivity contribution < 1.29 is 0 Å². The summed E-state index contributed by atoms with van der Waals surface area (Å²) in [5.41, 5.74) is 5.22. The van der Waals surface area contributed by atoms with Crippen molar-refractivity contribution in [2.45, 2.75) is 46.1 Å². The van der Waals surface area contributed by atoms with Crippen molar-refractivity contribution in [3.63, 3.8) is 0 Å². The molecule has 0 saturated carbocycles. The van der Waals surface area contributed by atoms with E-state index in [2.05, 4.69) is 60.6 Å². The first-order valence-electron chi connectivity index (χ1n) is 7.49. The summed E-state index contributed by atoms with van der Waals surface area (Å²) in [5, 5.41) is 10.7. The molecule has 1 unspecified atom stereocenters. The molecule has 0 aliphatic heterocycles. The Kier molecular flexibility index (Phi) is 5.36. The van der Waals surface area contributed by atoms with E-state index >= 15 is 0 Å². The third-order valence-electron chi connectivity index (χ3n) is 3.84. The van der Waals surface area contributed by atoms with Crippen LogP contribution in [-0.4, -0.2) is 16.7 Å². The molecule has 3 heteroatoms. The van der Waals surface area contributed by atoms with Crippen LogP contribution in [0.1, 0.15) is 48.2 Å². The van der Waals surface area contributed by atoms with Crippen LogP contribution in [0.25, 0.3) is 0 Å². The lowest BCUT2D eigenvalue weighted by Crippen LogP contribution is -2.22. The van der Waals surface area contributed by atoms with Gasteiger partial charge in [0.15, 0.2) is 0 Å². The highest BCUT2D eigenvalue weighted by Crippen LogP contribution is 2.17. The number of hydrogen-bond donors (Lipinski definition) is 2. The minimum atomic E-state index is 0.459. The van der Waals surface area contributed by atoms with Crippen LogP contribution in [0.4, 0.5) is 0 Å². The first-order valence-corrected chi connectivity index (χ1v) is 7.49. The Morgan fingerprint density at radius 2 is 1.95 bits per heavy atom. The predicted molar refractivity (Wildman–Crippen MR) is 83.9 cm³/mol. The van der Waals surface area contributed by atoms with Crippen LogP contribution in [0, 0.1) is 13.8 Å². The van der Waals surface area contributed by atoms with Gasteiger partial charge in [0.05, 0.1) is 6.20 Å². The Hall–Kier alpha value is -1.61. The summed E-state index contributed by atoms with van der Waals surface area (Å²) in [4.78, 5) is 0. The molecule has 2 N–H and O–H groups in total. The topological polar surface area (TPSA) is 40.7 Å². The van der Waals surface area contributed by atoms with E-state index in [-0.39, 0.29) is 0 Å². The zero-order valence-corrected chi connectivity index (χ0v) is 12.7. The second-order valence-corrected chi connectivity index (χ2v) is 5.45. The Labute approximate surface area is 121 Å². The average molecular weight is 271 g/mol. The highest BCUT2D eigenvalue weighted by molar-refractivity contribution is 5.24. The maximum atomic E-state index is 4.06. The van der Waals surface area contributed by atoms with E-state index in [0.29, 0.717) is 6.04 Å². The molecule has 0 spiro atoms. The fourth-order valence-electron chi connectivity index (χ4n) is 2.48. The molecule has 3 nitrogen and oxygen atoms in total. The SMILES string of the molecule is CCC(NCCCc1cn[nH]c1C)c1ccc(C)cc1. The monoisotopic (exact) mass is 271 g/mol. The predicted octanol–water partition coefficient (Wildman–Crippen LogP) is 3.70. The van der Waals surface area contributed by atoms with E-state index in [4.69, 9.17) is 0 Å². The van der Waals surface area contributed by atoms with Crippen molar-refractivity contribution in [1.82, 2.24) is 15.5 Å². The van der Waals surface area contributed by atoms with Crippen LogP contribution in [0.5, 0.6) is 0 Å². The third kappa shape index (κ3) is 3.94. The Bertz CT molecular complexity index is 513. The summed E-state index contributed by atoms with van der Waals surface area (Å²) < 4.78 is 0. The second kappa shape index (κ2) is 7.25. The Morgan fingerprint density at radius 3 is 2.55 bits per heavy atom. The number of aryl methyl sites for hydroxylation is 3. The molecule has 0 fully saturated rings.